The molecule has 1 aromatic heterocycles. The van der Waals surface area contributed by atoms with Gasteiger partial charge in [-0.1, -0.05) is 0 Å². The first-order valence-corrected chi connectivity index (χ1v) is 5.19. The van der Waals surface area contributed by atoms with Gasteiger partial charge in [-0.3, -0.25) is 10.1 Å². The normalized spacial score (nSPS) is 23.6. The van der Waals surface area contributed by atoms with Crippen LogP contribution in [0.1, 0.15) is 18.4 Å². The summed E-state index contributed by atoms with van der Waals surface area (Å²) in [6, 6.07) is 2.02. The van der Waals surface area contributed by atoms with E-state index in [1.54, 1.807) is 6.92 Å². The van der Waals surface area contributed by atoms with E-state index in [2.05, 4.69) is 10.3 Å². The van der Waals surface area contributed by atoms with Gasteiger partial charge < -0.3 is 11.1 Å². The number of aromatic nitrogens is 1. The molecule has 1 fully saturated rings. The van der Waals surface area contributed by atoms with Crippen molar-refractivity contribution in [2.45, 2.75) is 31.8 Å². The van der Waals surface area contributed by atoms with Gasteiger partial charge >= 0.3 is 0 Å². The van der Waals surface area contributed by atoms with E-state index >= 15 is 0 Å². The molecular formula is C10H14N4O2. The van der Waals surface area contributed by atoms with E-state index in [9.17, 15) is 10.1 Å². The Hall–Kier alpha value is -1.69. The van der Waals surface area contributed by atoms with Crippen molar-refractivity contribution in [2.24, 2.45) is 5.73 Å². The van der Waals surface area contributed by atoms with Crippen LogP contribution < -0.4 is 11.1 Å². The van der Waals surface area contributed by atoms with Crippen LogP contribution in [0, 0.1) is 17.0 Å². The molecule has 0 amide bonds. The molecule has 1 heterocycles. The minimum absolute atomic E-state index is 0.0983. The zero-order valence-corrected chi connectivity index (χ0v) is 9.01. The summed E-state index contributed by atoms with van der Waals surface area (Å²) in [7, 11) is 0. The molecule has 0 spiro atoms. The predicted molar refractivity (Wildman–Crippen MR) is 60.2 cm³/mol. The van der Waals surface area contributed by atoms with E-state index < -0.39 is 4.92 Å². The number of pyridine rings is 1. The third kappa shape index (κ3) is 2.11. The summed E-state index contributed by atoms with van der Waals surface area (Å²) >= 11 is 0. The predicted octanol–water partition coefficient (Wildman–Crippen LogP) is 1.20. The van der Waals surface area contributed by atoms with E-state index in [-0.39, 0.29) is 11.7 Å². The van der Waals surface area contributed by atoms with E-state index in [4.69, 9.17) is 5.73 Å². The second-order valence-corrected chi connectivity index (χ2v) is 4.19. The molecule has 0 bridgehead atoms. The Morgan fingerprint density at radius 3 is 2.88 bits per heavy atom. The largest absolute Gasteiger partial charge is 0.367 e. The zero-order valence-electron chi connectivity index (χ0n) is 9.01. The van der Waals surface area contributed by atoms with Gasteiger partial charge in [0.25, 0.3) is 5.69 Å². The molecule has 2 rings (SSSR count). The Kier molecular flexibility index (Phi) is 2.74. The van der Waals surface area contributed by atoms with Gasteiger partial charge in [0.15, 0.2) is 0 Å². The molecule has 0 radical (unpaired) electrons. The maximum Gasteiger partial charge on any atom is 0.277 e. The number of hydrogen-bond donors (Lipinski definition) is 2. The molecule has 86 valence electrons. The van der Waals surface area contributed by atoms with Gasteiger partial charge in [-0.25, -0.2) is 4.98 Å². The Morgan fingerprint density at radius 2 is 2.31 bits per heavy atom. The number of nitrogens with one attached hydrogen (secondary N) is 1. The smallest absolute Gasteiger partial charge is 0.277 e. The monoisotopic (exact) mass is 222 g/mol. The van der Waals surface area contributed by atoms with Gasteiger partial charge in [-0.15, -0.1) is 0 Å². The number of nitro groups is 1. The Morgan fingerprint density at radius 1 is 1.62 bits per heavy atom. The summed E-state index contributed by atoms with van der Waals surface area (Å²) in [5, 5.41) is 13.9. The Balaban J connectivity index is 2.10. The first-order chi connectivity index (χ1) is 7.56. The standard InChI is InChI=1S/C10H14N4O2/c1-6-5-12-10(4-9(6)14(15)16)13-8-2-7(11)3-8/h4-5,7-8H,2-3,11H2,1H3,(H,12,13). The highest BCUT2D eigenvalue weighted by Gasteiger charge is 2.26. The Labute approximate surface area is 93.0 Å². The van der Waals surface area contributed by atoms with E-state index in [0.717, 1.165) is 12.8 Å². The van der Waals surface area contributed by atoms with Crippen molar-refractivity contribution in [3.63, 3.8) is 0 Å². The van der Waals surface area contributed by atoms with Crippen LogP contribution in [0.5, 0.6) is 0 Å². The Bertz CT molecular complexity index is 415. The van der Waals surface area contributed by atoms with E-state index in [1.165, 1.54) is 12.3 Å². The maximum atomic E-state index is 10.7. The minimum Gasteiger partial charge on any atom is -0.367 e. The van der Waals surface area contributed by atoms with Crippen molar-refractivity contribution < 1.29 is 4.92 Å². The average Bonchev–Trinajstić information content (AvgIpc) is 2.18. The molecule has 3 N–H and O–H groups in total. The molecule has 1 aliphatic rings. The average molecular weight is 222 g/mol. The fourth-order valence-electron chi connectivity index (χ4n) is 1.78. The van der Waals surface area contributed by atoms with Crippen LogP contribution in [0.2, 0.25) is 0 Å². The van der Waals surface area contributed by atoms with Crippen molar-refractivity contribution >= 4 is 11.5 Å². The zero-order chi connectivity index (χ0) is 11.7. The number of hydrogen-bond acceptors (Lipinski definition) is 5. The van der Waals surface area contributed by atoms with Crippen LogP contribution in [-0.2, 0) is 0 Å². The minimum atomic E-state index is -0.394. The molecule has 1 aliphatic carbocycles. The first kappa shape index (κ1) is 10.8. The van der Waals surface area contributed by atoms with Crippen LogP contribution in [0.4, 0.5) is 11.5 Å². The summed E-state index contributed by atoms with van der Waals surface area (Å²) in [6.45, 7) is 1.67. The summed E-state index contributed by atoms with van der Waals surface area (Å²) < 4.78 is 0. The molecular weight excluding hydrogens is 208 g/mol. The van der Waals surface area contributed by atoms with Crippen LogP contribution >= 0.6 is 0 Å². The van der Waals surface area contributed by atoms with Gasteiger partial charge in [0.05, 0.1) is 11.0 Å². The lowest BCUT2D eigenvalue weighted by Crippen LogP contribution is -2.44. The molecule has 0 aromatic carbocycles. The van der Waals surface area contributed by atoms with Crippen LogP contribution in [0.25, 0.3) is 0 Å². The SMILES string of the molecule is Cc1cnc(NC2CC(N)C2)cc1[N+](=O)[O-]. The molecule has 6 nitrogen and oxygen atoms in total. The lowest BCUT2D eigenvalue weighted by Gasteiger charge is -2.33. The van der Waals surface area contributed by atoms with Crippen molar-refractivity contribution in [1.82, 2.24) is 4.98 Å². The van der Waals surface area contributed by atoms with Gasteiger partial charge in [0.2, 0.25) is 0 Å². The van der Waals surface area contributed by atoms with E-state index in [0.29, 0.717) is 17.4 Å². The molecule has 1 saturated carbocycles. The summed E-state index contributed by atoms with van der Waals surface area (Å²) in [5.74, 6) is 0.550. The van der Waals surface area contributed by atoms with Crippen LogP contribution in [0.15, 0.2) is 12.3 Å². The highest BCUT2D eigenvalue weighted by atomic mass is 16.6. The lowest BCUT2D eigenvalue weighted by atomic mass is 9.88. The van der Waals surface area contributed by atoms with Crippen molar-refractivity contribution in [3.8, 4) is 0 Å². The third-order valence-corrected chi connectivity index (χ3v) is 2.80. The maximum absolute atomic E-state index is 10.7. The highest BCUT2D eigenvalue weighted by molar-refractivity contribution is 5.49. The molecule has 16 heavy (non-hydrogen) atoms. The molecule has 0 saturated heterocycles. The third-order valence-electron chi connectivity index (χ3n) is 2.80. The highest BCUT2D eigenvalue weighted by Crippen LogP contribution is 2.25. The molecule has 1 aromatic rings. The molecule has 6 heteroatoms. The summed E-state index contributed by atoms with van der Waals surface area (Å²) in [6.07, 6.45) is 3.30. The first-order valence-electron chi connectivity index (χ1n) is 5.19. The summed E-state index contributed by atoms with van der Waals surface area (Å²) in [5.41, 5.74) is 6.32. The fourth-order valence-corrected chi connectivity index (χ4v) is 1.78. The number of anilines is 1. The van der Waals surface area contributed by atoms with Gasteiger partial charge in [0, 0.05) is 23.8 Å². The summed E-state index contributed by atoms with van der Waals surface area (Å²) in [4.78, 5) is 14.4. The second kappa shape index (κ2) is 4.05. The quantitative estimate of drug-likeness (QED) is 0.592. The topological polar surface area (TPSA) is 94.1 Å². The van der Waals surface area contributed by atoms with Crippen molar-refractivity contribution in [2.75, 3.05) is 5.32 Å². The van der Waals surface area contributed by atoms with Gasteiger partial charge in [0.1, 0.15) is 5.82 Å². The van der Waals surface area contributed by atoms with Gasteiger partial charge in [-0.2, -0.15) is 0 Å². The van der Waals surface area contributed by atoms with Crippen LogP contribution in [-0.4, -0.2) is 22.0 Å². The lowest BCUT2D eigenvalue weighted by molar-refractivity contribution is -0.385. The molecule has 0 unspecified atom stereocenters. The van der Waals surface area contributed by atoms with Crippen molar-refractivity contribution in [1.29, 1.82) is 0 Å². The second-order valence-electron chi connectivity index (χ2n) is 4.19. The molecule has 0 aliphatic heterocycles. The number of aryl methyl sites for hydroxylation is 1. The van der Waals surface area contributed by atoms with E-state index in [1.807, 2.05) is 0 Å². The number of nitrogens with zero attached hydrogens (tertiary/aromatic N) is 2. The number of rotatable bonds is 3. The van der Waals surface area contributed by atoms with Gasteiger partial charge in [-0.05, 0) is 19.8 Å². The fraction of sp³-hybridized carbons (Fsp3) is 0.500. The molecule has 0 atom stereocenters. The van der Waals surface area contributed by atoms with Crippen molar-refractivity contribution in [3.05, 3.63) is 27.9 Å². The van der Waals surface area contributed by atoms with Crippen LogP contribution in [0.3, 0.4) is 0 Å². The number of nitrogens with two attached hydrogens (primary N) is 1.